The van der Waals surface area contributed by atoms with Crippen LogP contribution in [-0.4, -0.2) is 64.7 Å². The van der Waals surface area contributed by atoms with E-state index in [2.05, 4.69) is 25.0 Å². The van der Waals surface area contributed by atoms with Gasteiger partial charge in [0.2, 0.25) is 0 Å². The van der Waals surface area contributed by atoms with Gasteiger partial charge in [-0.3, -0.25) is 0 Å². The highest BCUT2D eigenvalue weighted by Gasteiger charge is 2.38. The number of methoxy groups -OCH3 is 1. The van der Waals surface area contributed by atoms with Crippen LogP contribution in [0.3, 0.4) is 0 Å². The van der Waals surface area contributed by atoms with Crippen molar-refractivity contribution in [1.29, 1.82) is 0 Å². The number of carbonyl (C=O) groups excluding carboxylic acids is 1. The van der Waals surface area contributed by atoms with E-state index in [4.69, 9.17) is 29.0 Å². The molecule has 9 nitrogen and oxygen atoms in total. The number of piperidine rings is 1. The van der Waals surface area contributed by atoms with Crippen LogP contribution in [-0.2, 0) is 19.0 Å². The van der Waals surface area contributed by atoms with Gasteiger partial charge in [0.1, 0.15) is 17.4 Å². The van der Waals surface area contributed by atoms with Crippen LogP contribution in [0.2, 0.25) is 0 Å². The van der Waals surface area contributed by atoms with E-state index < -0.39 is 17.7 Å². The molecule has 2 atom stereocenters. The monoisotopic (exact) mass is 698 g/mol. The molecule has 51 heavy (non-hydrogen) atoms. The molecule has 0 radical (unpaired) electrons. The molecule has 1 aliphatic rings. The molecule has 4 aromatic rings. The molecule has 0 saturated carbocycles. The molecule has 1 unspecified atom stereocenters. The molecule has 272 valence electrons. The molecule has 2 aromatic carbocycles. The Morgan fingerprint density at radius 3 is 2.43 bits per heavy atom. The van der Waals surface area contributed by atoms with Gasteiger partial charge in [0.25, 0.3) is 0 Å². The third-order valence-electron chi connectivity index (χ3n) is 9.26. The Balaban J connectivity index is 1.66. The number of carbonyl (C=O) groups is 1. The summed E-state index contributed by atoms with van der Waals surface area (Å²) in [5.74, 6) is 0.492. The van der Waals surface area contributed by atoms with Crippen LogP contribution in [0.1, 0.15) is 76.8 Å². The maximum absolute atomic E-state index is 15.0. The van der Waals surface area contributed by atoms with E-state index in [0.29, 0.717) is 65.6 Å². The predicted molar refractivity (Wildman–Crippen MR) is 200 cm³/mol. The first kappa shape index (κ1) is 37.7. The van der Waals surface area contributed by atoms with Gasteiger partial charge in [-0.25, -0.2) is 14.2 Å². The first-order valence-corrected chi connectivity index (χ1v) is 17.5. The summed E-state index contributed by atoms with van der Waals surface area (Å²) in [6.45, 7) is 22.9. The summed E-state index contributed by atoms with van der Waals surface area (Å²) in [7, 11) is 1.36. The van der Waals surface area contributed by atoms with Crippen molar-refractivity contribution < 1.29 is 28.1 Å². The van der Waals surface area contributed by atoms with Gasteiger partial charge in [-0.05, 0) is 90.6 Å². The van der Waals surface area contributed by atoms with E-state index in [1.54, 1.807) is 23.6 Å². The van der Waals surface area contributed by atoms with Crippen molar-refractivity contribution in [2.45, 2.75) is 91.1 Å². The van der Waals surface area contributed by atoms with Gasteiger partial charge in [0.05, 0.1) is 42.3 Å². The van der Waals surface area contributed by atoms with Crippen LogP contribution in [0.4, 0.5) is 10.2 Å². The Labute approximate surface area is 301 Å². The van der Waals surface area contributed by atoms with E-state index in [1.807, 2.05) is 71.0 Å². The molecule has 10 heteroatoms. The lowest BCUT2D eigenvalue weighted by molar-refractivity contribution is -0.164. The highest BCUT2D eigenvalue weighted by atomic mass is 19.1. The maximum Gasteiger partial charge on any atom is 0.339 e. The number of anilines is 1. The smallest absolute Gasteiger partial charge is 0.339 e. The number of benzene rings is 2. The zero-order valence-electron chi connectivity index (χ0n) is 31.2. The number of fused-ring (bicyclic) bond motifs is 1. The number of aromatic nitrogens is 3. The molecule has 0 aliphatic carbocycles. The van der Waals surface area contributed by atoms with Crippen molar-refractivity contribution in [2.75, 3.05) is 31.7 Å². The van der Waals surface area contributed by atoms with Gasteiger partial charge in [-0.1, -0.05) is 30.4 Å². The summed E-state index contributed by atoms with van der Waals surface area (Å²) in [5.41, 5.74) is 4.35. The number of nitrogens with zero attached hydrogens (tertiary/aromatic N) is 4. The van der Waals surface area contributed by atoms with E-state index >= 15 is 0 Å². The number of rotatable bonds is 13. The maximum atomic E-state index is 15.0. The highest BCUT2D eigenvalue weighted by molar-refractivity contribution is 5.81. The van der Waals surface area contributed by atoms with Crippen LogP contribution in [0.25, 0.3) is 28.0 Å². The Kier molecular flexibility index (Phi) is 11.4. The van der Waals surface area contributed by atoms with Crippen molar-refractivity contribution in [3.63, 3.8) is 0 Å². The van der Waals surface area contributed by atoms with Crippen LogP contribution >= 0.6 is 0 Å². The van der Waals surface area contributed by atoms with Crippen LogP contribution in [0.15, 0.2) is 67.8 Å². The van der Waals surface area contributed by atoms with Crippen molar-refractivity contribution >= 4 is 17.4 Å². The molecule has 1 saturated heterocycles. The first-order valence-electron chi connectivity index (χ1n) is 17.5. The SMILES string of the molecule is C=CCOC1(C)CCN(c2c(C(OC(C)(C)C)C(=O)OC)c(C)nc3cc(-c4cccc(-c5c(O[C@@H](C)CC=C)ccc(F)c5C)c4)nn23)CC1. The second kappa shape index (κ2) is 15.4. The number of halogens is 1. The summed E-state index contributed by atoms with van der Waals surface area (Å²) in [6, 6.07) is 12.9. The minimum atomic E-state index is -1.04. The molecule has 0 bridgehead atoms. The average molecular weight is 699 g/mol. The van der Waals surface area contributed by atoms with Crippen LogP contribution in [0.5, 0.6) is 5.75 Å². The normalized spacial score (nSPS) is 15.7. The number of hydrogen-bond acceptors (Lipinski definition) is 8. The van der Waals surface area contributed by atoms with Gasteiger partial charge >= 0.3 is 5.97 Å². The largest absolute Gasteiger partial charge is 0.490 e. The quantitative estimate of drug-likeness (QED) is 0.101. The van der Waals surface area contributed by atoms with E-state index in [9.17, 15) is 9.18 Å². The van der Waals surface area contributed by atoms with Gasteiger partial charge in [0, 0.05) is 42.4 Å². The van der Waals surface area contributed by atoms with E-state index in [0.717, 1.165) is 29.8 Å². The number of ether oxygens (including phenoxy) is 4. The third kappa shape index (κ3) is 8.34. The summed E-state index contributed by atoms with van der Waals surface area (Å²) >= 11 is 0. The second-order valence-corrected chi connectivity index (χ2v) is 14.5. The minimum absolute atomic E-state index is 0.132. The summed E-state index contributed by atoms with van der Waals surface area (Å²) in [4.78, 5) is 20.6. The lowest BCUT2D eigenvalue weighted by Gasteiger charge is -2.41. The highest BCUT2D eigenvalue weighted by Crippen LogP contribution is 2.40. The fourth-order valence-electron chi connectivity index (χ4n) is 6.60. The van der Waals surface area contributed by atoms with Crippen molar-refractivity contribution in [1.82, 2.24) is 14.6 Å². The molecular formula is C41H51FN4O5. The number of esters is 1. The summed E-state index contributed by atoms with van der Waals surface area (Å²) in [5, 5.41) is 5.12. The van der Waals surface area contributed by atoms with Gasteiger partial charge < -0.3 is 23.8 Å². The zero-order valence-corrected chi connectivity index (χ0v) is 31.2. The second-order valence-electron chi connectivity index (χ2n) is 14.5. The fraction of sp³-hybridized carbons (Fsp3) is 0.439. The van der Waals surface area contributed by atoms with Crippen LogP contribution < -0.4 is 9.64 Å². The lowest BCUT2D eigenvalue weighted by Crippen LogP contribution is -2.45. The fourth-order valence-corrected chi connectivity index (χ4v) is 6.60. The van der Waals surface area contributed by atoms with E-state index in [-0.39, 0.29) is 17.5 Å². The van der Waals surface area contributed by atoms with Gasteiger partial charge in [-0.15, -0.1) is 13.2 Å². The minimum Gasteiger partial charge on any atom is -0.490 e. The van der Waals surface area contributed by atoms with Crippen molar-refractivity contribution in [3.8, 4) is 28.1 Å². The lowest BCUT2D eigenvalue weighted by atomic mass is 9.92. The van der Waals surface area contributed by atoms with Gasteiger partial charge in [0.15, 0.2) is 11.8 Å². The zero-order chi connectivity index (χ0) is 37.1. The first-order chi connectivity index (χ1) is 24.2. The Hall–Kier alpha value is -4.54. The summed E-state index contributed by atoms with van der Waals surface area (Å²) in [6.07, 6.45) is 4.57. The topological polar surface area (TPSA) is 87.4 Å². The molecule has 3 heterocycles. The Morgan fingerprint density at radius 1 is 1.08 bits per heavy atom. The molecule has 0 N–H and O–H groups in total. The predicted octanol–water partition coefficient (Wildman–Crippen LogP) is 8.75. The molecular weight excluding hydrogens is 647 g/mol. The van der Waals surface area contributed by atoms with E-state index in [1.165, 1.54) is 13.2 Å². The Morgan fingerprint density at radius 2 is 1.78 bits per heavy atom. The van der Waals surface area contributed by atoms with Crippen LogP contribution in [0, 0.1) is 19.7 Å². The standard InChI is InChI=1S/C41H51FN4O5/c1-11-14-26(3)50-33-18-17-31(42)27(4)35(33)30-16-13-15-29(24-30)32-25-34-43-28(5)36(37(39(47)48-10)51-40(6,7)8)38(46(34)44-32)45-21-19-41(9,20-22-45)49-23-12-2/h11-13,15-18,24-26,37H,1-2,14,19-23H2,3-10H3/t26-,37?/m0/s1. The Bertz CT molecular complexity index is 1900. The van der Waals surface area contributed by atoms with Crippen molar-refractivity contribution in [3.05, 3.63) is 90.4 Å². The van der Waals surface area contributed by atoms with Crippen molar-refractivity contribution in [2.24, 2.45) is 0 Å². The van der Waals surface area contributed by atoms with Gasteiger partial charge in [-0.2, -0.15) is 9.61 Å². The third-order valence-corrected chi connectivity index (χ3v) is 9.26. The number of aryl methyl sites for hydroxylation is 1. The summed E-state index contributed by atoms with van der Waals surface area (Å²) < 4.78 is 40.9. The molecule has 1 fully saturated rings. The average Bonchev–Trinajstić information content (AvgIpc) is 3.51. The molecule has 5 rings (SSSR count). The number of hydrogen-bond donors (Lipinski definition) is 0. The molecule has 2 aromatic heterocycles. The molecule has 1 aliphatic heterocycles. The molecule has 0 amide bonds. The molecule has 0 spiro atoms.